The third-order valence-corrected chi connectivity index (χ3v) is 3.19. The summed E-state index contributed by atoms with van der Waals surface area (Å²) in [6, 6.07) is 5.08. The molecule has 0 heterocycles. The van der Waals surface area contributed by atoms with Crippen molar-refractivity contribution >= 4 is 33.2 Å². The van der Waals surface area contributed by atoms with Gasteiger partial charge in [-0.15, -0.1) is 0 Å². The van der Waals surface area contributed by atoms with Crippen LogP contribution in [0.2, 0.25) is 5.02 Å². The number of anilines is 1. The van der Waals surface area contributed by atoms with E-state index in [1.54, 1.807) is 25.1 Å². The molecule has 0 unspecified atom stereocenters. The number of alkyl halides is 4. The summed E-state index contributed by atoms with van der Waals surface area (Å²) in [5.41, 5.74) is 1.20. The van der Waals surface area contributed by atoms with E-state index in [1.807, 2.05) is 0 Å². The van der Waals surface area contributed by atoms with Gasteiger partial charge in [0, 0.05) is 11.9 Å². The lowest BCUT2D eigenvalue weighted by Crippen LogP contribution is -2.34. The monoisotopic (exact) mass is 329 g/mol. The van der Waals surface area contributed by atoms with Crippen LogP contribution in [0.5, 0.6) is 0 Å². The first-order valence-electron chi connectivity index (χ1n) is 5.04. The zero-order valence-corrected chi connectivity index (χ0v) is 11.5. The number of rotatable bonds is 4. The van der Waals surface area contributed by atoms with Gasteiger partial charge in [0.1, 0.15) is 6.54 Å². The molecule has 0 aliphatic carbocycles. The second kappa shape index (κ2) is 5.96. The van der Waals surface area contributed by atoms with Gasteiger partial charge < -0.3 is 4.90 Å². The molecule has 1 aromatic rings. The maximum Gasteiger partial charge on any atom is 0.405 e. The van der Waals surface area contributed by atoms with Crippen molar-refractivity contribution in [2.24, 2.45) is 0 Å². The number of halogens is 5. The lowest BCUT2D eigenvalue weighted by molar-refractivity contribution is -0.119. The topological polar surface area (TPSA) is 3.24 Å². The van der Waals surface area contributed by atoms with E-state index in [0.717, 1.165) is 5.56 Å². The van der Waals surface area contributed by atoms with Gasteiger partial charge in [-0.05, 0) is 18.6 Å². The van der Waals surface area contributed by atoms with Gasteiger partial charge in [0.15, 0.2) is 0 Å². The summed E-state index contributed by atoms with van der Waals surface area (Å²) in [7, 11) is 0. The normalized spacial score (nSPS) is 11.6. The van der Waals surface area contributed by atoms with Crippen LogP contribution in [0.15, 0.2) is 18.2 Å². The van der Waals surface area contributed by atoms with Crippen molar-refractivity contribution < 1.29 is 13.2 Å². The molecule has 0 aromatic heterocycles. The first-order chi connectivity index (χ1) is 7.89. The van der Waals surface area contributed by atoms with Gasteiger partial charge in [0.2, 0.25) is 0 Å². The highest BCUT2D eigenvalue weighted by Crippen LogP contribution is 2.33. The predicted molar refractivity (Wildman–Crippen MR) is 68.0 cm³/mol. The van der Waals surface area contributed by atoms with Crippen LogP contribution in [-0.2, 0) is 5.33 Å². The molecule has 17 heavy (non-hydrogen) atoms. The van der Waals surface area contributed by atoms with Gasteiger partial charge in [-0.1, -0.05) is 39.7 Å². The average Bonchev–Trinajstić information content (AvgIpc) is 2.24. The van der Waals surface area contributed by atoms with Crippen LogP contribution in [0.1, 0.15) is 12.5 Å². The number of nitrogens with zero attached hydrogens (tertiary/aromatic N) is 1. The second-order valence-electron chi connectivity index (χ2n) is 3.51. The van der Waals surface area contributed by atoms with Gasteiger partial charge in [0.05, 0.1) is 10.7 Å². The second-order valence-corrected chi connectivity index (χ2v) is 4.48. The molecular weight excluding hydrogens is 318 g/mol. The van der Waals surface area contributed by atoms with Crippen LogP contribution >= 0.6 is 27.5 Å². The molecule has 0 radical (unpaired) electrons. The number of para-hydroxylation sites is 1. The molecule has 0 N–H and O–H groups in total. The Morgan fingerprint density at radius 1 is 1.35 bits per heavy atom. The Bertz CT molecular complexity index is 381. The fourth-order valence-corrected chi connectivity index (χ4v) is 2.35. The number of benzene rings is 1. The van der Waals surface area contributed by atoms with Crippen molar-refractivity contribution in [2.75, 3.05) is 18.0 Å². The zero-order chi connectivity index (χ0) is 13.1. The maximum atomic E-state index is 12.4. The summed E-state index contributed by atoms with van der Waals surface area (Å²) in [6.07, 6.45) is -4.24. The molecule has 96 valence electrons. The summed E-state index contributed by atoms with van der Waals surface area (Å²) in [5.74, 6) is 0. The SMILES string of the molecule is CCN(CC(F)(F)F)c1c(Cl)cccc1CBr. The Balaban J connectivity index is 3.11. The van der Waals surface area contributed by atoms with Gasteiger partial charge >= 0.3 is 6.18 Å². The van der Waals surface area contributed by atoms with Crippen molar-refractivity contribution in [1.29, 1.82) is 0 Å². The molecule has 0 saturated carbocycles. The van der Waals surface area contributed by atoms with Gasteiger partial charge in [-0.25, -0.2) is 0 Å². The average molecular weight is 331 g/mol. The molecule has 0 aliphatic heterocycles. The molecule has 0 amide bonds. The fourth-order valence-electron chi connectivity index (χ4n) is 1.59. The van der Waals surface area contributed by atoms with Gasteiger partial charge in [0.25, 0.3) is 0 Å². The molecule has 0 atom stereocenters. The smallest absolute Gasteiger partial charge is 0.361 e. The zero-order valence-electron chi connectivity index (χ0n) is 9.19. The van der Waals surface area contributed by atoms with E-state index in [4.69, 9.17) is 11.6 Å². The number of hydrogen-bond donors (Lipinski definition) is 0. The van der Waals surface area contributed by atoms with Crippen LogP contribution < -0.4 is 4.90 Å². The number of hydrogen-bond acceptors (Lipinski definition) is 1. The highest BCUT2D eigenvalue weighted by Gasteiger charge is 2.31. The molecule has 1 nitrogen and oxygen atoms in total. The fraction of sp³-hybridized carbons (Fsp3) is 0.455. The van der Waals surface area contributed by atoms with E-state index >= 15 is 0 Å². The lowest BCUT2D eigenvalue weighted by Gasteiger charge is -2.27. The van der Waals surface area contributed by atoms with Crippen LogP contribution in [0, 0.1) is 0 Å². The minimum atomic E-state index is -4.24. The molecule has 0 saturated heterocycles. The van der Waals surface area contributed by atoms with E-state index in [0.29, 0.717) is 16.0 Å². The highest BCUT2D eigenvalue weighted by molar-refractivity contribution is 9.08. The lowest BCUT2D eigenvalue weighted by atomic mass is 10.2. The van der Waals surface area contributed by atoms with Crippen molar-refractivity contribution in [3.8, 4) is 0 Å². The molecule has 1 aromatic carbocycles. The van der Waals surface area contributed by atoms with Crippen LogP contribution in [0.3, 0.4) is 0 Å². The summed E-state index contributed by atoms with van der Waals surface area (Å²) in [5, 5.41) is 0.810. The Morgan fingerprint density at radius 3 is 2.47 bits per heavy atom. The Kier molecular flexibility index (Phi) is 5.13. The van der Waals surface area contributed by atoms with E-state index in [-0.39, 0.29) is 6.54 Å². The molecular formula is C11H12BrClF3N. The van der Waals surface area contributed by atoms with E-state index < -0.39 is 12.7 Å². The Hall–Kier alpha value is -0.420. The predicted octanol–water partition coefficient (Wildman–Crippen LogP) is 4.62. The maximum absolute atomic E-state index is 12.4. The molecule has 0 spiro atoms. The highest BCUT2D eigenvalue weighted by atomic mass is 79.9. The van der Waals surface area contributed by atoms with Gasteiger partial charge in [-0.3, -0.25) is 0 Å². The van der Waals surface area contributed by atoms with Gasteiger partial charge in [-0.2, -0.15) is 13.2 Å². The minimum Gasteiger partial charge on any atom is -0.361 e. The Labute approximate surface area is 112 Å². The van der Waals surface area contributed by atoms with Crippen LogP contribution in [0.4, 0.5) is 18.9 Å². The summed E-state index contributed by atoms with van der Waals surface area (Å²) in [4.78, 5) is 1.24. The summed E-state index contributed by atoms with van der Waals surface area (Å²) >= 11 is 9.23. The van der Waals surface area contributed by atoms with E-state index in [1.165, 1.54) is 4.90 Å². The van der Waals surface area contributed by atoms with Crippen molar-refractivity contribution in [3.05, 3.63) is 28.8 Å². The quantitative estimate of drug-likeness (QED) is 0.728. The summed E-state index contributed by atoms with van der Waals surface area (Å²) in [6.45, 7) is 0.934. The van der Waals surface area contributed by atoms with Crippen molar-refractivity contribution in [2.45, 2.75) is 18.4 Å². The molecule has 6 heteroatoms. The first-order valence-corrected chi connectivity index (χ1v) is 6.54. The van der Waals surface area contributed by atoms with Crippen LogP contribution in [0.25, 0.3) is 0 Å². The largest absolute Gasteiger partial charge is 0.405 e. The first kappa shape index (κ1) is 14.6. The Morgan fingerprint density at radius 2 is 2.00 bits per heavy atom. The van der Waals surface area contributed by atoms with Crippen LogP contribution in [-0.4, -0.2) is 19.3 Å². The van der Waals surface area contributed by atoms with E-state index in [9.17, 15) is 13.2 Å². The molecule has 0 bridgehead atoms. The minimum absolute atomic E-state index is 0.253. The third-order valence-electron chi connectivity index (χ3n) is 2.28. The standard InChI is InChI=1S/C11H12BrClF3N/c1-2-17(7-11(14,15)16)10-8(6-12)4-3-5-9(10)13/h3-5H,2,6-7H2,1H3. The third kappa shape index (κ3) is 4.07. The molecule has 0 aliphatic rings. The molecule has 1 rings (SSSR count). The van der Waals surface area contributed by atoms with E-state index in [2.05, 4.69) is 15.9 Å². The van der Waals surface area contributed by atoms with Crippen molar-refractivity contribution in [3.63, 3.8) is 0 Å². The summed E-state index contributed by atoms with van der Waals surface area (Å²) < 4.78 is 37.3. The molecule has 0 fully saturated rings. The van der Waals surface area contributed by atoms with Crippen molar-refractivity contribution in [1.82, 2.24) is 0 Å².